The summed E-state index contributed by atoms with van der Waals surface area (Å²) in [4.78, 5) is 43.2. The van der Waals surface area contributed by atoms with E-state index in [1.54, 1.807) is 12.7 Å². The highest BCUT2D eigenvalue weighted by Crippen LogP contribution is 2.45. The van der Waals surface area contributed by atoms with Gasteiger partial charge in [-0.1, -0.05) is 44.2 Å². The number of hydrogen-bond acceptors (Lipinski definition) is 9. The largest absolute Gasteiger partial charge is 0.445 e. The third-order valence-electron chi connectivity index (χ3n) is 10.9. The van der Waals surface area contributed by atoms with E-state index >= 15 is 0 Å². The molecule has 0 radical (unpaired) electrons. The normalized spacial score (nSPS) is 26.8. The van der Waals surface area contributed by atoms with Crippen molar-refractivity contribution in [2.45, 2.75) is 44.4 Å². The van der Waals surface area contributed by atoms with Gasteiger partial charge < -0.3 is 29.8 Å². The van der Waals surface area contributed by atoms with Gasteiger partial charge in [-0.15, -0.1) is 0 Å². The molecule has 0 saturated carbocycles. The van der Waals surface area contributed by atoms with E-state index < -0.39 is 0 Å². The zero-order valence-corrected chi connectivity index (χ0v) is 26.3. The lowest BCUT2D eigenvalue weighted by Gasteiger charge is -2.54. The van der Waals surface area contributed by atoms with E-state index in [9.17, 15) is 4.79 Å². The Labute approximate surface area is 267 Å². The Kier molecular flexibility index (Phi) is 7.04. The maximum absolute atomic E-state index is 12.8. The maximum atomic E-state index is 12.8. The average Bonchev–Trinajstić information content (AvgIpc) is 3.91. The number of amides is 1. The van der Waals surface area contributed by atoms with E-state index in [0.717, 1.165) is 90.9 Å². The van der Waals surface area contributed by atoms with Gasteiger partial charge in [-0.3, -0.25) is 4.90 Å². The molecule has 2 spiro atoms. The molecule has 12 heteroatoms. The number of ether oxygens (including phenoxy) is 1. The molecule has 5 aromatic rings. The summed E-state index contributed by atoms with van der Waals surface area (Å²) in [6.07, 6.45) is 8.96. The Morgan fingerprint density at radius 3 is 2.09 bits per heavy atom. The molecule has 3 N–H and O–H groups in total. The molecule has 0 bridgehead atoms. The number of carbonyl (C=O) groups is 1. The van der Waals surface area contributed by atoms with Gasteiger partial charge in [0.1, 0.15) is 42.2 Å². The number of hydrogen-bond donors (Lipinski definition) is 3. The SMILES string of the molecule is C[C@H]1CN(C(=O)OCc2ccccc2)[C@]12CCN(c1ncnc3[nH]ccc13)C2.C[C@H]1CN[C@]12CCN(c1ncnc3[nH]ccc13)C2. The van der Waals surface area contributed by atoms with Crippen LogP contribution in [0.4, 0.5) is 16.4 Å². The number of fused-ring (bicyclic) bond motifs is 2. The van der Waals surface area contributed by atoms with Crippen molar-refractivity contribution in [3.63, 3.8) is 0 Å². The first-order valence-electron chi connectivity index (χ1n) is 16.3. The first kappa shape index (κ1) is 28.7. The van der Waals surface area contributed by atoms with Crippen molar-refractivity contribution in [3.8, 4) is 0 Å². The summed E-state index contributed by atoms with van der Waals surface area (Å²) in [7, 11) is 0. The summed E-state index contributed by atoms with van der Waals surface area (Å²) in [5.41, 5.74) is 2.92. The van der Waals surface area contributed by atoms with E-state index in [1.165, 1.54) is 6.42 Å². The molecular weight excluding hydrogens is 580 g/mol. The summed E-state index contributed by atoms with van der Waals surface area (Å²) in [6.45, 7) is 10.5. The van der Waals surface area contributed by atoms with Crippen molar-refractivity contribution >= 4 is 39.8 Å². The molecular formula is C34H40N10O2. The summed E-state index contributed by atoms with van der Waals surface area (Å²) in [6, 6.07) is 13.9. The highest BCUT2D eigenvalue weighted by atomic mass is 16.6. The van der Waals surface area contributed by atoms with Crippen LogP contribution in [0.1, 0.15) is 32.3 Å². The fourth-order valence-corrected chi connectivity index (χ4v) is 7.83. The molecule has 9 rings (SSSR count). The van der Waals surface area contributed by atoms with Crippen LogP contribution in [0.25, 0.3) is 22.1 Å². The predicted molar refractivity (Wildman–Crippen MR) is 177 cm³/mol. The first-order valence-corrected chi connectivity index (χ1v) is 16.3. The minimum absolute atomic E-state index is 0.179. The van der Waals surface area contributed by atoms with Crippen molar-refractivity contribution in [2.24, 2.45) is 11.8 Å². The van der Waals surface area contributed by atoms with Gasteiger partial charge >= 0.3 is 6.09 Å². The Balaban J connectivity index is 0.000000149. The smallest absolute Gasteiger partial charge is 0.410 e. The molecule has 1 aromatic carbocycles. The third-order valence-corrected chi connectivity index (χ3v) is 10.9. The van der Waals surface area contributed by atoms with Crippen LogP contribution in [-0.2, 0) is 11.3 Å². The monoisotopic (exact) mass is 620 g/mol. The molecule has 4 fully saturated rings. The number of nitrogens with zero attached hydrogens (tertiary/aromatic N) is 7. The summed E-state index contributed by atoms with van der Waals surface area (Å²) < 4.78 is 5.60. The topological polar surface area (TPSA) is 131 Å². The van der Waals surface area contributed by atoms with Gasteiger partial charge in [0.25, 0.3) is 0 Å². The van der Waals surface area contributed by atoms with E-state index in [0.29, 0.717) is 18.1 Å². The summed E-state index contributed by atoms with van der Waals surface area (Å²) in [5.74, 6) is 3.20. The lowest BCUT2D eigenvalue weighted by atomic mass is 9.74. The molecule has 1 amide bonds. The molecule has 238 valence electrons. The first-order chi connectivity index (χ1) is 22.5. The second-order valence-corrected chi connectivity index (χ2v) is 13.3. The zero-order valence-electron chi connectivity index (χ0n) is 26.3. The highest BCUT2D eigenvalue weighted by molar-refractivity contribution is 5.88. The second kappa shape index (κ2) is 11.3. The lowest BCUT2D eigenvalue weighted by molar-refractivity contribution is -0.0504. The Morgan fingerprint density at radius 2 is 1.50 bits per heavy atom. The molecule has 4 aromatic heterocycles. The molecule has 4 atom stereocenters. The highest BCUT2D eigenvalue weighted by Gasteiger charge is 2.57. The van der Waals surface area contributed by atoms with Gasteiger partial charge in [0.2, 0.25) is 0 Å². The summed E-state index contributed by atoms with van der Waals surface area (Å²) in [5, 5.41) is 5.76. The average molecular weight is 621 g/mol. The maximum Gasteiger partial charge on any atom is 0.410 e. The third kappa shape index (κ3) is 4.74. The standard InChI is InChI=1S/C21H23N5O2.C13H17N5/c1-15-11-26(20(27)28-12-16-5-3-2-4-6-16)21(15)8-10-25(13-21)19-17-7-9-22-18(17)23-14-24-19;1-9-6-17-13(9)3-5-18(7-13)12-10-2-4-14-11(10)15-8-16-12/h2-7,9,14-15H,8,10-13H2,1H3,(H,22,23,24);2,4,8-9,17H,3,5-7H2,1H3,(H,14,15,16)/t15-,21-;9-,13-/m00/s1. The van der Waals surface area contributed by atoms with Crippen molar-refractivity contribution in [1.29, 1.82) is 0 Å². The second-order valence-electron chi connectivity index (χ2n) is 13.3. The van der Waals surface area contributed by atoms with Crippen LogP contribution < -0.4 is 15.1 Å². The Hall–Kier alpha value is -4.71. The van der Waals surface area contributed by atoms with E-state index in [4.69, 9.17) is 4.74 Å². The number of aromatic amines is 2. The Bertz CT molecular complexity index is 1860. The van der Waals surface area contributed by atoms with Crippen LogP contribution in [-0.4, -0.2) is 91.2 Å². The fourth-order valence-electron chi connectivity index (χ4n) is 7.83. The van der Waals surface area contributed by atoms with Gasteiger partial charge in [0, 0.05) is 57.2 Å². The van der Waals surface area contributed by atoms with Gasteiger partial charge in [0.15, 0.2) is 0 Å². The summed E-state index contributed by atoms with van der Waals surface area (Å²) >= 11 is 0. The van der Waals surface area contributed by atoms with Crippen molar-refractivity contribution in [3.05, 3.63) is 73.1 Å². The number of aromatic nitrogens is 6. The minimum Gasteiger partial charge on any atom is -0.445 e. The van der Waals surface area contributed by atoms with Crippen LogP contribution in [0, 0.1) is 11.8 Å². The fraction of sp³-hybridized carbons (Fsp3) is 0.441. The van der Waals surface area contributed by atoms with Crippen LogP contribution in [0.2, 0.25) is 0 Å². The van der Waals surface area contributed by atoms with Crippen molar-refractivity contribution in [1.82, 2.24) is 40.1 Å². The molecule has 4 aliphatic heterocycles. The van der Waals surface area contributed by atoms with Crippen molar-refractivity contribution in [2.75, 3.05) is 49.1 Å². The number of H-pyrrole nitrogens is 2. The van der Waals surface area contributed by atoms with E-state index in [-0.39, 0.29) is 11.6 Å². The van der Waals surface area contributed by atoms with E-state index in [2.05, 4.69) is 64.9 Å². The molecule has 0 aliphatic carbocycles. The molecule has 46 heavy (non-hydrogen) atoms. The van der Waals surface area contributed by atoms with Gasteiger partial charge in [0.05, 0.1) is 16.3 Å². The predicted octanol–water partition coefficient (Wildman–Crippen LogP) is 4.34. The van der Waals surface area contributed by atoms with E-state index in [1.807, 2.05) is 53.7 Å². The molecule has 4 saturated heterocycles. The molecule has 0 unspecified atom stereocenters. The molecule has 8 heterocycles. The molecule has 12 nitrogen and oxygen atoms in total. The number of likely N-dealkylation sites (tertiary alicyclic amines) is 1. The number of benzene rings is 1. The van der Waals surface area contributed by atoms with Crippen LogP contribution in [0.5, 0.6) is 0 Å². The number of nitrogens with one attached hydrogen (secondary N) is 3. The minimum atomic E-state index is -0.224. The van der Waals surface area contributed by atoms with Gasteiger partial charge in [-0.2, -0.15) is 0 Å². The number of rotatable bonds is 4. The zero-order chi connectivity index (χ0) is 31.3. The van der Waals surface area contributed by atoms with Crippen LogP contribution >= 0.6 is 0 Å². The number of anilines is 2. The number of carbonyl (C=O) groups excluding carboxylic acids is 1. The van der Waals surface area contributed by atoms with Gasteiger partial charge in [-0.25, -0.2) is 24.7 Å². The van der Waals surface area contributed by atoms with Crippen LogP contribution in [0.15, 0.2) is 67.5 Å². The Morgan fingerprint density at radius 1 is 0.848 bits per heavy atom. The quantitative estimate of drug-likeness (QED) is 0.269. The lowest BCUT2D eigenvalue weighted by Crippen LogP contribution is -2.69. The van der Waals surface area contributed by atoms with Crippen LogP contribution in [0.3, 0.4) is 0 Å². The van der Waals surface area contributed by atoms with Gasteiger partial charge in [-0.05, 0) is 42.4 Å². The molecule has 4 aliphatic rings. The van der Waals surface area contributed by atoms with Crippen molar-refractivity contribution < 1.29 is 9.53 Å².